The maximum absolute atomic E-state index is 5.54. The number of aromatic nitrogens is 2. The molecule has 5 heteroatoms. The zero-order chi connectivity index (χ0) is 14.9. The van der Waals surface area contributed by atoms with Gasteiger partial charge in [-0.15, -0.1) is 0 Å². The number of likely N-dealkylation sites (N-methyl/N-ethyl adjacent to an activating group) is 1. The summed E-state index contributed by atoms with van der Waals surface area (Å²) >= 11 is 0. The van der Waals surface area contributed by atoms with Gasteiger partial charge in [0.15, 0.2) is 0 Å². The van der Waals surface area contributed by atoms with Crippen LogP contribution in [0.2, 0.25) is 0 Å². The van der Waals surface area contributed by atoms with Gasteiger partial charge in [0.25, 0.3) is 0 Å². The molecule has 0 radical (unpaired) electrons. The molecule has 1 heterocycles. The zero-order valence-electron chi connectivity index (χ0n) is 13.4. The van der Waals surface area contributed by atoms with E-state index in [0.717, 1.165) is 19.4 Å². The summed E-state index contributed by atoms with van der Waals surface area (Å²) in [6, 6.07) is 3.21. The van der Waals surface area contributed by atoms with Crippen molar-refractivity contribution in [3.8, 4) is 0 Å². The molecule has 1 aromatic rings. The van der Waals surface area contributed by atoms with E-state index in [4.69, 9.17) is 14.6 Å². The molecule has 0 saturated heterocycles. The lowest BCUT2D eigenvalue weighted by atomic mass is 10.1. The van der Waals surface area contributed by atoms with E-state index in [0.29, 0.717) is 25.3 Å². The molecule has 2 rings (SSSR count). The number of hydrogen-bond acceptors (Lipinski definition) is 4. The highest BCUT2D eigenvalue weighted by Gasteiger charge is 2.18. The van der Waals surface area contributed by atoms with Crippen LogP contribution in [0.5, 0.6) is 0 Å². The third-order valence-corrected chi connectivity index (χ3v) is 4.27. The van der Waals surface area contributed by atoms with Crippen molar-refractivity contribution < 1.29 is 9.47 Å². The molecule has 1 N–H and O–H groups in total. The lowest BCUT2D eigenvalue weighted by Crippen LogP contribution is -2.29. The van der Waals surface area contributed by atoms with Gasteiger partial charge in [-0.2, -0.15) is 5.10 Å². The Morgan fingerprint density at radius 3 is 2.86 bits per heavy atom. The van der Waals surface area contributed by atoms with Gasteiger partial charge < -0.3 is 14.8 Å². The minimum atomic E-state index is 0.416. The first-order valence-electron chi connectivity index (χ1n) is 8.11. The minimum Gasteiger partial charge on any atom is -0.382 e. The number of ether oxygens (including phenoxy) is 2. The first-order chi connectivity index (χ1) is 10.3. The van der Waals surface area contributed by atoms with Crippen LogP contribution in [-0.2, 0) is 15.9 Å². The highest BCUT2D eigenvalue weighted by Crippen LogP contribution is 2.28. The Labute approximate surface area is 128 Å². The van der Waals surface area contributed by atoms with Gasteiger partial charge in [-0.25, -0.2) is 0 Å². The van der Waals surface area contributed by atoms with Crippen LogP contribution in [0, 0.1) is 0 Å². The topological polar surface area (TPSA) is 48.3 Å². The lowest BCUT2D eigenvalue weighted by Gasteiger charge is -2.15. The highest BCUT2D eigenvalue weighted by molar-refractivity contribution is 5.02. The second kappa shape index (κ2) is 9.18. The molecule has 1 aliphatic carbocycles. The molecule has 21 heavy (non-hydrogen) atoms. The summed E-state index contributed by atoms with van der Waals surface area (Å²) in [5, 5.41) is 8.11. The molecule has 0 amide bonds. The van der Waals surface area contributed by atoms with Gasteiger partial charge in [-0.1, -0.05) is 12.8 Å². The van der Waals surface area contributed by atoms with Crippen LogP contribution in [0.15, 0.2) is 12.3 Å². The van der Waals surface area contributed by atoms with E-state index in [9.17, 15) is 0 Å². The molecule has 0 bridgehead atoms. The van der Waals surface area contributed by atoms with Crippen molar-refractivity contribution in [1.29, 1.82) is 0 Å². The predicted molar refractivity (Wildman–Crippen MR) is 83.6 cm³/mol. The number of nitrogens with one attached hydrogen (secondary N) is 1. The van der Waals surface area contributed by atoms with E-state index in [1.807, 2.05) is 7.05 Å². The van der Waals surface area contributed by atoms with Gasteiger partial charge in [0.05, 0.1) is 24.9 Å². The molecule has 0 aliphatic heterocycles. The molecule has 1 atom stereocenters. The SMILES string of the molecule is CNC(CCOCCOC)Cc1ccn(C2CCCC2)n1. The summed E-state index contributed by atoms with van der Waals surface area (Å²) in [6.45, 7) is 2.09. The second-order valence-corrected chi connectivity index (χ2v) is 5.81. The average molecular weight is 295 g/mol. The maximum Gasteiger partial charge on any atom is 0.0700 e. The normalized spacial score (nSPS) is 17.4. The summed E-state index contributed by atoms with van der Waals surface area (Å²) in [6.07, 6.45) is 9.36. The molecule has 1 aliphatic rings. The quantitative estimate of drug-likeness (QED) is 0.672. The van der Waals surface area contributed by atoms with E-state index in [-0.39, 0.29) is 0 Å². The van der Waals surface area contributed by atoms with Gasteiger partial charge in [-0.3, -0.25) is 4.68 Å². The Kier molecular flexibility index (Phi) is 7.19. The van der Waals surface area contributed by atoms with Crippen LogP contribution < -0.4 is 5.32 Å². The number of hydrogen-bond donors (Lipinski definition) is 1. The van der Waals surface area contributed by atoms with Crippen molar-refractivity contribution in [2.24, 2.45) is 0 Å². The van der Waals surface area contributed by atoms with Crippen molar-refractivity contribution in [2.75, 3.05) is 34.0 Å². The number of rotatable bonds is 10. The molecule has 1 fully saturated rings. The fraction of sp³-hybridized carbons (Fsp3) is 0.812. The minimum absolute atomic E-state index is 0.416. The van der Waals surface area contributed by atoms with Crippen LogP contribution in [-0.4, -0.2) is 49.8 Å². The van der Waals surface area contributed by atoms with Gasteiger partial charge in [0.2, 0.25) is 0 Å². The predicted octanol–water partition coefficient (Wildman–Crippen LogP) is 2.18. The van der Waals surface area contributed by atoms with Crippen molar-refractivity contribution in [3.05, 3.63) is 18.0 Å². The summed E-state index contributed by atoms with van der Waals surface area (Å²) in [5.41, 5.74) is 1.18. The third-order valence-electron chi connectivity index (χ3n) is 4.27. The van der Waals surface area contributed by atoms with Crippen molar-refractivity contribution in [2.45, 2.75) is 50.6 Å². The van der Waals surface area contributed by atoms with E-state index >= 15 is 0 Å². The largest absolute Gasteiger partial charge is 0.382 e. The Hall–Kier alpha value is -0.910. The Bertz CT molecular complexity index is 389. The molecule has 1 unspecified atom stereocenters. The molecule has 120 valence electrons. The molecule has 0 aromatic carbocycles. The first-order valence-corrected chi connectivity index (χ1v) is 8.11. The summed E-state index contributed by atoms with van der Waals surface area (Å²) in [5.74, 6) is 0. The van der Waals surface area contributed by atoms with Crippen LogP contribution >= 0.6 is 0 Å². The Balaban J connectivity index is 1.73. The summed E-state index contributed by atoms with van der Waals surface area (Å²) in [7, 11) is 3.70. The van der Waals surface area contributed by atoms with Crippen LogP contribution in [0.25, 0.3) is 0 Å². The first kappa shape index (κ1) is 16.5. The second-order valence-electron chi connectivity index (χ2n) is 5.81. The molecule has 1 aromatic heterocycles. The molecular formula is C16H29N3O2. The van der Waals surface area contributed by atoms with E-state index in [1.165, 1.54) is 31.4 Å². The lowest BCUT2D eigenvalue weighted by molar-refractivity contribution is 0.0661. The van der Waals surface area contributed by atoms with Gasteiger partial charge >= 0.3 is 0 Å². The van der Waals surface area contributed by atoms with Crippen LogP contribution in [0.3, 0.4) is 0 Å². The standard InChI is InChI=1S/C16H29N3O2/c1-17-14(8-10-21-12-11-20-2)13-15-7-9-19(18-15)16-5-3-4-6-16/h7,9,14,16-17H,3-6,8,10-13H2,1-2H3. The fourth-order valence-corrected chi connectivity index (χ4v) is 2.93. The average Bonchev–Trinajstić information content (AvgIpc) is 3.16. The molecule has 1 saturated carbocycles. The Morgan fingerprint density at radius 2 is 2.14 bits per heavy atom. The van der Waals surface area contributed by atoms with Crippen LogP contribution in [0.1, 0.15) is 43.8 Å². The molecule has 0 spiro atoms. The van der Waals surface area contributed by atoms with Crippen molar-refractivity contribution >= 4 is 0 Å². The van der Waals surface area contributed by atoms with Gasteiger partial charge in [0.1, 0.15) is 0 Å². The van der Waals surface area contributed by atoms with Gasteiger partial charge in [-0.05, 0) is 32.4 Å². The fourth-order valence-electron chi connectivity index (χ4n) is 2.93. The van der Waals surface area contributed by atoms with Crippen molar-refractivity contribution in [3.63, 3.8) is 0 Å². The maximum atomic E-state index is 5.54. The number of methoxy groups -OCH3 is 1. The molecular weight excluding hydrogens is 266 g/mol. The molecule has 5 nitrogen and oxygen atoms in total. The summed E-state index contributed by atoms with van der Waals surface area (Å²) < 4.78 is 12.7. The van der Waals surface area contributed by atoms with E-state index in [2.05, 4.69) is 22.3 Å². The highest BCUT2D eigenvalue weighted by atomic mass is 16.5. The van der Waals surface area contributed by atoms with E-state index < -0.39 is 0 Å². The van der Waals surface area contributed by atoms with E-state index in [1.54, 1.807) is 7.11 Å². The third kappa shape index (κ3) is 5.41. The van der Waals surface area contributed by atoms with Crippen LogP contribution in [0.4, 0.5) is 0 Å². The number of nitrogens with zero attached hydrogens (tertiary/aromatic N) is 2. The Morgan fingerprint density at radius 1 is 1.33 bits per heavy atom. The van der Waals surface area contributed by atoms with Crippen molar-refractivity contribution in [1.82, 2.24) is 15.1 Å². The zero-order valence-corrected chi connectivity index (χ0v) is 13.4. The smallest absolute Gasteiger partial charge is 0.0700 e. The monoisotopic (exact) mass is 295 g/mol. The van der Waals surface area contributed by atoms with Gasteiger partial charge in [0, 0.05) is 32.4 Å². The summed E-state index contributed by atoms with van der Waals surface area (Å²) in [4.78, 5) is 0.